The summed E-state index contributed by atoms with van der Waals surface area (Å²) in [5, 5.41) is -0.282. The minimum Gasteiger partial charge on any atom is -0.497 e. The second-order valence-electron chi connectivity index (χ2n) is 5.89. The van der Waals surface area contributed by atoms with E-state index in [2.05, 4.69) is 28.7 Å². The summed E-state index contributed by atoms with van der Waals surface area (Å²) >= 11 is 0. The van der Waals surface area contributed by atoms with Gasteiger partial charge in [0.25, 0.3) is 0 Å². The molecule has 0 aromatic heterocycles. The Morgan fingerprint density at radius 1 is 1.36 bits per heavy atom. The van der Waals surface area contributed by atoms with Gasteiger partial charge in [0, 0.05) is 19.6 Å². The van der Waals surface area contributed by atoms with Gasteiger partial charge in [-0.05, 0) is 36.6 Å². The van der Waals surface area contributed by atoms with Crippen molar-refractivity contribution < 1.29 is 13.2 Å². The van der Waals surface area contributed by atoms with Gasteiger partial charge >= 0.3 is 0 Å². The fourth-order valence-corrected chi connectivity index (χ4v) is 4.42. The Bertz CT molecular complexity index is 572. The van der Waals surface area contributed by atoms with Gasteiger partial charge in [-0.25, -0.2) is 13.1 Å². The Hall–Kier alpha value is -1.11. The lowest BCUT2D eigenvalue weighted by molar-refractivity contribution is 0.320. The number of sulfonamides is 1. The van der Waals surface area contributed by atoms with E-state index in [0.717, 1.165) is 18.8 Å². The minimum absolute atomic E-state index is 0.282. The van der Waals surface area contributed by atoms with Gasteiger partial charge in [0.05, 0.1) is 12.4 Å². The number of likely N-dealkylation sites (tertiary alicyclic amines) is 1. The third kappa shape index (κ3) is 4.21. The largest absolute Gasteiger partial charge is 0.497 e. The van der Waals surface area contributed by atoms with E-state index in [1.165, 1.54) is 5.56 Å². The van der Waals surface area contributed by atoms with Crippen molar-refractivity contribution in [2.45, 2.75) is 31.4 Å². The first-order valence-electron chi connectivity index (χ1n) is 7.81. The summed E-state index contributed by atoms with van der Waals surface area (Å²) in [7, 11) is -1.50. The predicted octanol–water partition coefficient (Wildman–Crippen LogP) is 1.81. The number of rotatable bonds is 7. The van der Waals surface area contributed by atoms with E-state index in [-0.39, 0.29) is 5.25 Å². The van der Waals surface area contributed by atoms with Crippen molar-refractivity contribution in [3.05, 3.63) is 29.8 Å². The van der Waals surface area contributed by atoms with E-state index in [9.17, 15) is 8.42 Å². The molecule has 0 bridgehead atoms. The molecule has 1 heterocycles. The maximum atomic E-state index is 12.1. The SMILES string of the molecule is CCNS(=O)(=O)[C@H]1CCN(C[C@@H](C)c2ccc(OC)cc2)C1. The van der Waals surface area contributed by atoms with E-state index < -0.39 is 10.0 Å². The lowest BCUT2D eigenvalue weighted by atomic mass is 10.0. The molecular formula is C16H26N2O3S. The number of nitrogens with zero attached hydrogens (tertiary/aromatic N) is 1. The third-order valence-electron chi connectivity index (χ3n) is 4.23. The molecule has 0 radical (unpaired) electrons. The van der Waals surface area contributed by atoms with Crippen LogP contribution < -0.4 is 9.46 Å². The molecule has 1 aromatic rings. The summed E-state index contributed by atoms with van der Waals surface area (Å²) in [6, 6.07) is 8.08. The highest BCUT2D eigenvalue weighted by molar-refractivity contribution is 7.90. The topological polar surface area (TPSA) is 58.6 Å². The van der Waals surface area contributed by atoms with Crippen molar-refractivity contribution >= 4 is 10.0 Å². The van der Waals surface area contributed by atoms with Crippen LogP contribution in [0.15, 0.2) is 24.3 Å². The van der Waals surface area contributed by atoms with Crippen LogP contribution in [0.25, 0.3) is 0 Å². The van der Waals surface area contributed by atoms with Gasteiger partial charge in [-0.15, -0.1) is 0 Å². The molecule has 0 aliphatic carbocycles. The smallest absolute Gasteiger partial charge is 0.215 e. The molecule has 1 aromatic carbocycles. The average molecular weight is 326 g/mol. The highest BCUT2D eigenvalue weighted by atomic mass is 32.2. The number of methoxy groups -OCH3 is 1. The third-order valence-corrected chi connectivity index (χ3v) is 6.18. The van der Waals surface area contributed by atoms with E-state index in [0.29, 0.717) is 25.4 Å². The molecule has 5 nitrogen and oxygen atoms in total. The number of hydrogen-bond acceptors (Lipinski definition) is 4. The fourth-order valence-electron chi connectivity index (χ4n) is 2.96. The Morgan fingerprint density at radius 3 is 2.64 bits per heavy atom. The zero-order valence-electron chi connectivity index (χ0n) is 13.6. The van der Waals surface area contributed by atoms with Crippen LogP contribution in [0, 0.1) is 0 Å². The van der Waals surface area contributed by atoms with Crippen molar-refractivity contribution in [3.63, 3.8) is 0 Å². The monoisotopic (exact) mass is 326 g/mol. The van der Waals surface area contributed by atoms with Crippen molar-refractivity contribution in [2.75, 3.05) is 33.3 Å². The molecule has 124 valence electrons. The number of benzene rings is 1. The van der Waals surface area contributed by atoms with Crippen molar-refractivity contribution in [2.24, 2.45) is 0 Å². The van der Waals surface area contributed by atoms with Crippen LogP contribution in [0.4, 0.5) is 0 Å². The van der Waals surface area contributed by atoms with Gasteiger partial charge < -0.3 is 9.64 Å². The first-order chi connectivity index (χ1) is 10.5. The molecule has 1 aliphatic heterocycles. The first kappa shape index (κ1) is 17.2. The van der Waals surface area contributed by atoms with Crippen LogP contribution in [0.1, 0.15) is 31.7 Å². The quantitative estimate of drug-likeness (QED) is 0.830. The molecule has 0 amide bonds. The Balaban J connectivity index is 1.91. The highest BCUT2D eigenvalue weighted by Crippen LogP contribution is 2.23. The standard InChI is InChI=1S/C16H26N2O3S/c1-4-17-22(19,20)16-9-10-18(12-16)11-13(2)14-5-7-15(21-3)8-6-14/h5-8,13,16-17H,4,9-12H2,1-3H3/t13-,16+/m1/s1. The van der Waals surface area contributed by atoms with Crippen LogP contribution in [0.3, 0.4) is 0 Å². The molecule has 2 rings (SSSR count). The van der Waals surface area contributed by atoms with Gasteiger partial charge in [0.15, 0.2) is 0 Å². The Labute approximate surface area is 133 Å². The summed E-state index contributed by atoms with van der Waals surface area (Å²) < 4.78 is 31.9. The lowest BCUT2D eigenvalue weighted by Crippen LogP contribution is -2.36. The maximum Gasteiger partial charge on any atom is 0.215 e. The van der Waals surface area contributed by atoms with Crippen molar-refractivity contribution in [1.29, 1.82) is 0 Å². The van der Waals surface area contributed by atoms with Gasteiger partial charge in [0.1, 0.15) is 5.75 Å². The molecule has 0 saturated carbocycles. The van der Waals surface area contributed by atoms with E-state index >= 15 is 0 Å². The van der Waals surface area contributed by atoms with Crippen molar-refractivity contribution in [3.8, 4) is 5.75 Å². The summed E-state index contributed by atoms with van der Waals surface area (Å²) in [5.74, 6) is 1.22. The summed E-state index contributed by atoms with van der Waals surface area (Å²) in [6.07, 6.45) is 0.713. The Kier molecular flexibility index (Phi) is 5.83. The molecular weight excluding hydrogens is 300 g/mol. The second-order valence-corrected chi connectivity index (χ2v) is 7.93. The van der Waals surface area contributed by atoms with Gasteiger partial charge in [-0.1, -0.05) is 26.0 Å². The molecule has 1 fully saturated rings. The summed E-state index contributed by atoms with van der Waals surface area (Å²) in [6.45, 7) is 6.79. The summed E-state index contributed by atoms with van der Waals surface area (Å²) in [4.78, 5) is 2.24. The van der Waals surface area contributed by atoms with Gasteiger partial charge in [-0.3, -0.25) is 0 Å². The molecule has 1 N–H and O–H groups in total. The average Bonchev–Trinajstić information content (AvgIpc) is 2.96. The molecule has 0 spiro atoms. The fraction of sp³-hybridized carbons (Fsp3) is 0.625. The number of ether oxygens (including phenoxy) is 1. The van der Waals surface area contributed by atoms with Crippen LogP contribution in [0.2, 0.25) is 0 Å². The van der Waals surface area contributed by atoms with E-state index in [4.69, 9.17) is 4.74 Å². The molecule has 6 heteroatoms. The minimum atomic E-state index is -3.16. The first-order valence-corrected chi connectivity index (χ1v) is 9.35. The van der Waals surface area contributed by atoms with E-state index in [1.807, 2.05) is 19.1 Å². The van der Waals surface area contributed by atoms with Crippen LogP contribution >= 0.6 is 0 Å². The highest BCUT2D eigenvalue weighted by Gasteiger charge is 2.32. The van der Waals surface area contributed by atoms with Crippen LogP contribution in [-0.4, -0.2) is 51.9 Å². The zero-order valence-corrected chi connectivity index (χ0v) is 14.4. The molecule has 2 atom stereocenters. The van der Waals surface area contributed by atoms with E-state index in [1.54, 1.807) is 7.11 Å². The molecule has 0 unspecified atom stereocenters. The predicted molar refractivity (Wildman–Crippen MR) is 88.9 cm³/mol. The van der Waals surface area contributed by atoms with Crippen LogP contribution in [-0.2, 0) is 10.0 Å². The summed E-state index contributed by atoms with van der Waals surface area (Å²) in [5.41, 5.74) is 1.25. The Morgan fingerprint density at radius 2 is 2.05 bits per heavy atom. The van der Waals surface area contributed by atoms with Gasteiger partial charge in [0.2, 0.25) is 10.0 Å². The molecule has 22 heavy (non-hydrogen) atoms. The van der Waals surface area contributed by atoms with Crippen molar-refractivity contribution in [1.82, 2.24) is 9.62 Å². The maximum absolute atomic E-state index is 12.1. The van der Waals surface area contributed by atoms with Gasteiger partial charge in [-0.2, -0.15) is 0 Å². The zero-order chi connectivity index (χ0) is 16.2. The normalized spacial score (nSPS) is 21.0. The molecule has 1 saturated heterocycles. The second kappa shape index (κ2) is 7.44. The number of nitrogens with one attached hydrogen (secondary N) is 1. The lowest BCUT2D eigenvalue weighted by Gasteiger charge is -2.21. The number of hydrogen-bond donors (Lipinski definition) is 1. The van der Waals surface area contributed by atoms with Crippen LogP contribution in [0.5, 0.6) is 5.75 Å². The molecule has 1 aliphatic rings.